The first kappa shape index (κ1) is 12.6. The topological polar surface area (TPSA) is 37.3 Å². The van der Waals surface area contributed by atoms with Crippen LogP contribution in [0, 0.1) is 11.3 Å². The Bertz CT molecular complexity index is 415. The second-order valence-electron chi connectivity index (χ2n) is 5.97. The van der Waals surface area contributed by atoms with Gasteiger partial charge in [0.2, 0.25) is 0 Å². The summed E-state index contributed by atoms with van der Waals surface area (Å²) in [6, 6.07) is 0. The summed E-state index contributed by atoms with van der Waals surface area (Å²) in [4.78, 5) is 11.8. The Morgan fingerprint density at radius 3 is 2.71 bits per heavy atom. The number of aliphatic hydroxyl groups is 1. The zero-order valence-electron chi connectivity index (χ0n) is 11.2. The third-order valence-corrected chi connectivity index (χ3v) is 4.56. The first-order valence-electron chi connectivity index (χ1n) is 6.49. The fraction of sp³-hybridized carbons (Fsp3) is 0.667. The van der Waals surface area contributed by atoms with E-state index >= 15 is 0 Å². The van der Waals surface area contributed by atoms with Gasteiger partial charge in [0, 0.05) is 11.8 Å². The molecule has 0 spiro atoms. The lowest BCUT2D eigenvalue weighted by molar-refractivity contribution is -0.120. The quantitative estimate of drug-likeness (QED) is 0.757. The van der Waals surface area contributed by atoms with Gasteiger partial charge in [0.25, 0.3) is 0 Å². The molecule has 0 amide bonds. The highest BCUT2D eigenvalue weighted by atomic mass is 16.3. The summed E-state index contributed by atoms with van der Waals surface area (Å²) in [5.74, 6) is 0.625. The molecule has 1 N–H and O–H groups in total. The normalized spacial score (nSPS) is 33.9. The Morgan fingerprint density at radius 2 is 2.12 bits per heavy atom. The molecule has 2 heteroatoms. The third kappa shape index (κ3) is 1.89. The van der Waals surface area contributed by atoms with Crippen molar-refractivity contribution in [1.82, 2.24) is 0 Å². The van der Waals surface area contributed by atoms with Gasteiger partial charge in [-0.25, -0.2) is 0 Å². The molecule has 0 saturated carbocycles. The first-order chi connectivity index (χ1) is 7.86. The monoisotopic (exact) mass is 234 g/mol. The van der Waals surface area contributed by atoms with E-state index in [0.29, 0.717) is 5.92 Å². The van der Waals surface area contributed by atoms with Gasteiger partial charge in [0.1, 0.15) is 0 Å². The van der Waals surface area contributed by atoms with E-state index in [1.807, 2.05) is 6.92 Å². The number of rotatable bonds is 1. The van der Waals surface area contributed by atoms with E-state index < -0.39 is 6.10 Å². The zero-order valence-corrected chi connectivity index (χ0v) is 11.2. The highest BCUT2D eigenvalue weighted by molar-refractivity contribution is 5.98. The summed E-state index contributed by atoms with van der Waals surface area (Å²) in [7, 11) is 0. The standard InChI is InChI=1S/C15H22O2/c1-9(2)11-5-6-15(4)12(7-11)10(3)13(16)8-14(15)17/h7,9,14,17H,5-6,8H2,1-4H3. The van der Waals surface area contributed by atoms with Crippen molar-refractivity contribution in [3.8, 4) is 0 Å². The molecule has 0 aliphatic heterocycles. The fourth-order valence-corrected chi connectivity index (χ4v) is 3.00. The van der Waals surface area contributed by atoms with Gasteiger partial charge in [0.15, 0.2) is 5.78 Å². The van der Waals surface area contributed by atoms with Gasteiger partial charge in [-0.2, -0.15) is 0 Å². The van der Waals surface area contributed by atoms with Gasteiger partial charge < -0.3 is 5.11 Å². The lowest BCUT2D eigenvalue weighted by Crippen LogP contribution is -2.42. The van der Waals surface area contributed by atoms with Gasteiger partial charge in [-0.05, 0) is 36.8 Å². The lowest BCUT2D eigenvalue weighted by Gasteiger charge is -2.43. The highest BCUT2D eigenvalue weighted by Crippen LogP contribution is 2.48. The van der Waals surface area contributed by atoms with Crippen LogP contribution in [0.25, 0.3) is 0 Å². The van der Waals surface area contributed by atoms with Gasteiger partial charge >= 0.3 is 0 Å². The molecule has 2 aliphatic rings. The van der Waals surface area contributed by atoms with Crippen LogP contribution in [0.15, 0.2) is 22.8 Å². The summed E-state index contributed by atoms with van der Waals surface area (Å²) < 4.78 is 0. The Balaban J connectivity index is 2.53. The molecule has 0 heterocycles. The molecular formula is C15H22O2. The average molecular weight is 234 g/mol. The van der Waals surface area contributed by atoms with Crippen LogP contribution in [0.1, 0.15) is 47.0 Å². The Kier molecular flexibility index (Phi) is 3.03. The molecule has 2 aliphatic carbocycles. The molecule has 0 aromatic heterocycles. The van der Waals surface area contributed by atoms with Crippen molar-refractivity contribution >= 4 is 5.78 Å². The van der Waals surface area contributed by atoms with Crippen LogP contribution in [0.3, 0.4) is 0 Å². The van der Waals surface area contributed by atoms with Crippen LogP contribution in [0.2, 0.25) is 0 Å². The van der Waals surface area contributed by atoms with Crippen molar-refractivity contribution in [2.45, 2.75) is 53.1 Å². The molecule has 2 unspecified atom stereocenters. The number of aliphatic hydroxyl groups excluding tert-OH is 1. The van der Waals surface area contributed by atoms with Crippen molar-refractivity contribution < 1.29 is 9.90 Å². The SMILES string of the molecule is CC1=C2C=C(C(C)C)CCC2(C)C(O)CC1=O. The van der Waals surface area contributed by atoms with Crippen molar-refractivity contribution in [3.63, 3.8) is 0 Å². The smallest absolute Gasteiger partial charge is 0.161 e. The van der Waals surface area contributed by atoms with Crippen LogP contribution in [0.4, 0.5) is 0 Å². The first-order valence-corrected chi connectivity index (χ1v) is 6.49. The average Bonchev–Trinajstić information content (AvgIpc) is 2.26. The maximum Gasteiger partial charge on any atom is 0.161 e. The summed E-state index contributed by atoms with van der Waals surface area (Å²) in [5.41, 5.74) is 3.13. The van der Waals surface area contributed by atoms with E-state index in [1.54, 1.807) is 0 Å². The fourth-order valence-electron chi connectivity index (χ4n) is 3.00. The summed E-state index contributed by atoms with van der Waals surface area (Å²) >= 11 is 0. The molecule has 0 bridgehead atoms. The van der Waals surface area contributed by atoms with Crippen molar-refractivity contribution in [1.29, 1.82) is 0 Å². The van der Waals surface area contributed by atoms with Crippen molar-refractivity contribution in [2.75, 3.05) is 0 Å². The van der Waals surface area contributed by atoms with E-state index in [9.17, 15) is 9.90 Å². The van der Waals surface area contributed by atoms with E-state index in [2.05, 4.69) is 26.8 Å². The second kappa shape index (κ2) is 4.09. The van der Waals surface area contributed by atoms with Crippen molar-refractivity contribution in [3.05, 3.63) is 22.8 Å². The van der Waals surface area contributed by atoms with Crippen LogP contribution < -0.4 is 0 Å². The summed E-state index contributed by atoms with van der Waals surface area (Å²) in [6.07, 6.45) is 3.94. The van der Waals surface area contributed by atoms with Crippen LogP contribution >= 0.6 is 0 Å². The minimum atomic E-state index is -0.515. The van der Waals surface area contributed by atoms with Gasteiger partial charge in [-0.3, -0.25) is 4.79 Å². The molecule has 0 aromatic carbocycles. The minimum absolute atomic E-state index is 0.103. The number of allylic oxidation sites excluding steroid dienone is 3. The van der Waals surface area contributed by atoms with E-state index in [0.717, 1.165) is 24.0 Å². The molecular weight excluding hydrogens is 212 g/mol. The molecule has 2 rings (SSSR count). The van der Waals surface area contributed by atoms with E-state index in [4.69, 9.17) is 0 Å². The molecule has 0 radical (unpaired) electrons. The maximum atomic E-state index is 11.8. The van der Waals surface area contributed by atoms with Gasteiger partial charge in [0.05, 0.1) is 6.10 Å². The minimum Gasteiger partial charge on any atom is -0.392 e. The Hall–Kier alpha value is -0.890. The molecule has 0 aromatic rings. The van der Waals surface area contributed by atoms with Crippen LogP contribution in [-0.2, 0) is 4.79 Å². The summed E-state index contributed by atoms with van der Waals surface area (Å²) in [6.45, 7) is 8.37. The van der Waals surface area contributed by atoms with E-state index in [1.165, 1.54) is 5.57 Å². The number of hydrogen-bond donors (Lipinski definition) is 1. The largest absolute Gasteiger partial charge is 0.392 e. The molecule has 2 atom stereocenters. The number of fused-ring (bicyclic) bond motifs is 1. The molecule has 2 nitrogen and oxygen atoms in total. The lowest BCUT2D eigenvalue weighted by atomic mass is 9.62. The van der Waals surface area contributed by atoms with E-state index in [-0.39, 0.29) is 17.6 Å². The predicted molar refractivity (Wildman–Crippen MR) is 68.6 cm³/mol. The van der Waals surface area contributed by atoms with Crippen LogP contribution in [0.5, 0.6) is 0 Å². The molecule has 94 valence electrons. The van der Waals surface area contributed by atoms with Crippen molar-refractivity contribution in [2.24, 2.45) is 11.3 Å². The number of carbonyl (C=O) groups excluding carboxylic acids is 1. The van der Waals surface area contributed by atoms with Gasteiger partial charge in [-0.1, -0.05) is 32.4 Å². The number of carbonyl (C=O) groups is 1. The van der Waals surface area contributed by atoms with Gasteiger partial charge in [-0.15, -0.1) is 0 Å². The number of ketones is 1. The highest BCUT2D eigenvalue weighted by Gasteiger charge is 2.44. The molecule has 0 saturated heterocycles. The Morgan fingerprint density at radius 1 is 1.47 bits per heavy atom. The number of hydrogen-bond acceptors (Lipinski definition) is 2. The molecule has 17 heavy (non-hydrogen) atoms. The third-order valence-electron chi connectivity index (χ3n) is 4.56. The maximum absolute atomic E-state index is 11.8. The Labute approximate surface area is 103 Å². The predicted octanol–water partition coefficient (Wildman–Crippen LogP) is 3.02. The zero-order chi connectivity index (χ0) is 12.8. The van der Waals surface area contributed by atoms with Crippen LogP contribution in [-0.4, -0.2) is 17.0 Å². The number of Topliss-reactive ketones (excluding diaryl/α,β-unsaturated/α-hetero) is 1. The molecule has 0 fully saturated rings. The second-order valence-corrected chi connectivity index (χ2v) is 5.97. The summed E-state index contributed by atoms with van der Waals surface area (Å²) in [5, 5.41) is 10.2.